The number of allylic oxidation sites excluding steroid dienone is 2. The highest BCUT2D eigenvalue weighted by Crippen LogP contribution is 1.97. The summed E-state index contributed by atoms with van der Waals surface area (Å²) in [5, 5.41) is 0. The fraction of sp³-hybridized carbons (Fsp3) is 0.643. The highest BCUT2D eigenvalue weighted by molar-refractivity contribution is 5.69. The van der Waals surface area contributed by atoms with E-state index in [1.165, 1.54) is 26.4 Å². The molecule has 0 atom stereocenters. The lowest BCUT2D eigenvalue weighted by atomic mass is 10.2. The molecule has 0 aromatic rings. The number of rotatable bonds is 7. The maximum atomic E-state index is 10.8. The number of carbonyl (C=O) groups is 1. The lowest BCUT2D eigenvalue weighted by molar-refractivity contribution is -0.140. The van der Waals surface area contributed by atoms with Gasteiger partial charge in [0.2, 0.25) is 0 Å². The Balaban J connectivity index is 3.36. The van der Waals surface area contributed by atoms with Crippen molar-refractivity contribution < 1.29 is 9.53 Å². The Bertz CT molecular complexity index is 256. The smallest absolute Gasteiger partial charge is 0.305 e. The highest BCUT2D eigenvalue weighted by atomic mass is 16.5. The molecule has 0 unspecified atom stereocenters. The van der Waals surface area contributed by atoms with Gasteiger partial charge in [0.1, 0.15) is 0 Å². The summed E-state index contributed by atoms with van der Waals surface area (Å²) in [6, 6.07) is 0. The predicted octanol–water partition coefficient (Wildman–Crippen LogP) is 3.47. The van der Waals surface area contributed by atoms with Crippen molar-refractivity contribution in [2.75, 3.05) is 7.11 Å². The van der Waals surface area contributed by atoms with Gasteiger partial charge in [0.05, 0.1) is 7.11 Å². The number of methoxy groups -OCH3 is 1. The molecule has 90 valence electrons. The van der Waals surface area contributed by atoms with Crippen LogP contribution < -0.4 is 0 Å². The largest absolute Gasteiger partial charge is 0.469 e. The van der Waals surface area contributed by atoms with E-state index in [-0.39, 0.29) is 5.97 Å². The van der Waals surface area contributed by atoms with Crippen LogP contribution in [0.15, 0.2) is 12.2 Å². The Morgan fingerprint density at radius 3 is 2.75 bits per heavy atom. The van der Waals surface area contributed by atoms with E-state index in [4.69, 9.17) is 0 Å². The molecule has 0 aromatic heterocycles. The van der Waals surface area contributed by atoms with Gasteiger partial charge in [0, 0.05) is 19.3 Å². The summed E-state index contributed by atoms with van der Waals surface area (Å²) < 4.78 is 4.53. The van der Waals surface area contributed by atoms with Crippen LogP contribution >= 0.6 is 0 Å². The first-order valence-corrected chi connectivity index (χ1v) is 5.98. The van der Waals surface area contributed by atoms with Crippen molar-refractivity contribution in [1.82, 2.24) is 0 Å². The fourth-order valence-corrected chi connectivity index (χ4v) is 1.19. The van der Waals surface area contributed by atoms with Crippen molar-refractivity contribution >= 4 is 5.97 Å². The summed E-state index contributed by atoms with van der Waals surface area (Å²) in [5.41, 5.74) is 0. The Morgan fingerprint density at radius 1 is 1.25 bits per heavy atom. The van der Waals surface area contributed by atoms with Crippen LogP contribution in [0.3, 0.4) is 0 Å². The van der Waals surface area contributed by atoms with Gasteiger partial charge in [-0.2, -0.15) is 0 Å². The zero-order valence-electron chi connectivity index (χ0n) is 10.4. The van der Waals surface area contributed by atoms with E-state index in [0.29, 0.717) is 6.42 Å². The van der Waals surface area contributed by atoms with Gasteiger partial charge in [-0.3, -0.25) is 4.79 Å². The second kappa shape index (κ2) is 11.8. The van der Waals surface area contributed by atoms with Gasteiger partial charge in [-0.15, -0.1) is 5.92 Å². The van der Waals surface area contributed by atoms with Crippen molar-refractivity contribution in [2.24, 2.45) is 0 Å². The number of unbranched alkanes of at least 4 members (excludes halogenated alkanes) is 3. The molecule has 0 aliphatic heterocycles. The zero-order valence-corrected chi connectivity index (χ0v) is 10.4. The van der Waals surface area contributed by atoms with Crippen LogP contribution in [-0.4, -0.2) is 13.1 Å². The van der Waals surface area contributed by atoms with Crippen LogP contribution in [0.5, 0.6) is 0 Å². The van der Waals surface area contributed by atoms with Gasteiger partial charge in [0.25, 0.3) is 0 Å². The normalized spacial score (nSPS) is 9.88. The molecule has 0 rings (SSSR count). The molecular weight excluding hydrogens is 200 g/mol. The number of hydrogen-bond donors (Lipinski definition) is 0. The molecule has 0 aromatic carbocycles. The van der Waals surface area contributed by atoms with Crippen LogP contribution in [0.2, 0.25) is 0 Å². The molecule has 0 aliphatic rings. The highest BCUT2D eigenvalue weighted by Gasteiger charge is 1.94. The summed E-state index contributed by atoms with van der Waals surface area (Å²) in [6.07, 6.45) is 10.7. The minimum absolute atomic E-state index is 0.157. The molecule has 0 spiro atoms. The molecule has 0 saturated heterocycles. The first-order valence-electron chi connectivity index (χ1n) is 5.98. The second-order valence-electron chi connectivity index (χ2n) is 3.60. The first kappa shape index (κ1) is 14.8. The molecule has 0 fully saturated rings. The molecule has 0 heterocycles. The van der Waals surface area contributed by atoms with Gasteiger partial charge in [-0.05, 0) is 12.8 Å². The summed E-state index contributed by atoms with van der Waals surface area (Å²) in [4.78, 5) is 10.8. The first-order chi connectivity index (χ1) is 7.81. The van der Waals surface area contributed by atoms with E-state index in [1.54, 1.807) is 0 Å². The van der Waals surface area contributed by atoms with E-state index < -0.39 is 0 Å². The van der Waals surface area contributed by atoms with E-state index in [2.05, 4.69) is 23.5 Å². The maximum absolute atomic E-state index is 10.8. The van der Waals surface area contributed by atoms with Gasteiger partial charge < -0.3 is 4.74 Å². The Kier molecular flexibility index (Phi) is 10.9. The van der Waals surface area contributed by atoms with Crippen LogP contribution in [-0.2, 0) is 9.53 Å². The average Bonchev–Trinajstić information content (AvgIpc) is 2.31. The van der Waals surface area contributed by atoms with E-state index in [1.807, 2.05) is 12.2 Å². The van der Waals surface area contributed by atoms with Gasteiger partial charge in [0.15, 0.2) is 0 Å². The molecule has 0 radical (unpaired) electrons. The maximum Gasteiger partial charge on any atom is 0.305 e. The summed E-state index contributed by atoms with van der Waals surface area (Å²) >= 11 is 0. The van der Waals surface area contributed by atoms with Crippen LogP contribution in [0.1, 0.15) is 51.9 Å². The molecule has 0 amide bonds. The fourth-order valence-electron chi connectivity index (χ4n) is 1.19. The van der Waals surface area contributed by atoms with Gasteiger partial charge in [-0.25, -0.2) is 0 Å². The van der Waals surface area contributed by atoms with E-state index in [0.717, 1.165) is 19.3 Å². The molecule has 0 bridgehead atoms. The molecule has 0 N–H and O–H groups in total. The molecular formula is C14H22O2. The third-order valence-electron chi connectivity index (χ3n) is 2.16. The third-order valence-corrected chi connectivity index (χ3v) is 2.16. The SMILES string of the molecule is CCCCCC#CC/C=C/CCC(=O)OC. The molecule has 0 saturated carbocycles. The zero-order chi connectivity index (χ0) is 12.1. The Hall–Kier alpha value is -1.23. The number of ether oxygens (including phenoxy) is 1. The molecule has 0 aliphatic carbocycles. The Labute approximate surface area is 99.1 Å². The van der Waals surface area contributed by atoms with Crippen molar-refractivity contribution in [3.05, 3.63) is 12.2 Å². The second-order valence-corrected chi connectivity index (χ2v) is 3.60. The lowest BCUT2D eigenvalue weighted by Gasteiger charge is -1.93. The standard InChI is InChI=1S/C14H22O2/c1-3-4-5-6-7-8-9-10-11-12-13-14(15)16-2/h10-11H,3-6,9,12-13H2,1-2H3/b11-10+. The summed E-state index contributed by atoms with van der Waals surface area (Å²) in [6.45, 7) is 2.19. The predicted molar refractivity (Wildman–Crippen MR) is 66.9 cm³/mol. The van der Waals surface area contributed by atoms with Crippen molar-refractivity contribution in [3.8, 4) is 11.8 Å². The Morgan fingerprint density at radius 2 is 2.06 bits per heavy atom. The number of carbonyl (C=O) groups excluding carboxylic acids is 1. The van der Waals surface area contributed by atoms with Gasteiger partial charge >= 0.3 is 5.97 Å². The summed E-state index contributed by atoms with van der Waals surface area (Å²) in [5.74, 6) is 6.07. The van der Waals surface area contributed by atoms with Crippen LogP contribution in [0, 0.1) is 11.8 Å². The average molecular weight is 222 g/mol. The molecule has 16 heavy (non-hydrogen) atoms. The summed E-state index contributed by atoms with van der Waals surface area (Å²) in [7, 11) is 1.41. The number of esters is 1. The topological polar surface area (TPSA) is 26.3 Å². The van der Waals surface area contributed by atoms with Crippen molar-refractivity contribution in [1.29, 1.82) is 0 Å². The monoisotopic (exact) mass is 222 g/mol. The van der Waals surface area contributed by atoms with Crippen molar-refractivity contribution in [3.63, 3.8) is 0 Å². The van der Waals surface area contributed by atoms with E-state index in [9.17, 15) is 4.79 Å². The quantitative estimate of drug-likeness (QED) is 0.285. The lowest BCUT2D eigenvalue weighted by Crippen LogP contribution is -1.97. The molecule has 2 nitrogen and oxygen atoms in total. The molecule has 2 heteroatoms. The van der Waals surface area contributed by atoms with Crippen LogP contribution in [0.25, 0.3) is 0 Å². The third kappa shape index (κ3) is 10.8. The van der Waals surface area contributed by atoms with Gasteiger partial charge in [-0.1, -0.05) is 37.8 Å². The van der Waals surface area contributed by atoms with Crippen molar-refractivity contribution in [2.45, 2.75) is 51.9 Å². The minimum atomic E-state index is -0.157. The number of hydrogen-bond acceptors (Lipinski definition) is 2. The minimum Gasteiger partial charge on any atom is -0.469 e. The van der Waals surface area contributed by atoms with E-state index >= 15 is 0 Å². The van der Waals surface area contributed by atoms with Crippen LogP contribution in [0.4, 0.5) is 0 Å².